The molecule has 0 heterocycles. The molecule has 0 saturated carbocycles. The van der Waals surface area contributed by atoms with Gasteiger partial charge in [-0.05, 0) is 48.2 Å². The van der Waals surface area contributed by atoms with E-state index in [2.05, 4.69) is 35.1 Å². The first kappa shape index (κ1) is 18.2. The Hall–Kier alpha value is -2.14. The number of hydrogen-bond donors (Lipinski definition) is 1. The van der Waals surface area contributed by atoms with Crippen molar-refractivity contribution in [3.63, 3.8) is 0 Å². The lowest BCUT2D eigenvalue weighted by molar-refractivity contribution is -0.119. The van der Waals surface area contributed by atoms with Crippen molar-refractivity contribution in [2.75, 3.05) is 11.9 Å². The Morgan fingerprint density at radius 1 is 1.12 bits per heavy atom. The molecule has 2 aromatic rings. The lowest BCUT2D eigenvalue weighted by atomic mass is 10.0. The molecule has 0 aliphatic rings. The molecule has 126 valence electrons. The molecule has 0 saturated heterocycles. The third kappa shape index (κ3) is 4.93. The van der Waals surface area contributed by atoms with Crippen molar-refractivity contribution in [3.8, 4) is 0 Å². The highest BCUT2D eigenvalue weighted by atomic mass is 79.9. The Morgan fingerprint density at radius 3 is 2.38 bits per heavy atom. The van der Waals surface area contributed by atoms with Gasteiger partial charge in [0.15, 0.2) is 6.61 Å². The van der Waals surface area contributed by atoms with E-state index in [1.54, 1.807) is 24.3 Å². The van der Waals surface area contributed by atoms with Crippen molar-refractivity contribution in [2.24, 2.45) is 0 Å². The third-order valence-electron chi connectivity index (χ3n) is 3.60. The molecule has 1 amide bonds. The first-order valence-corrected chi connectivity index (χ1v) is 8.49. The number of benzene rings is 2. The van der Waals surface area contributed by atoms with Gasteiger partial charge in [0, 0.05) is 10.2 Å². The number of anilines is 1. The van der Waals surface area contributed by atoms with Crippen LogP contribution in [-0.4, -0.2) is 18.5 Å². The van der Waals surface area contributed by atoms with Crippen LogP contribution in [0.15, 0.2) is 46.9 Å². The molecular weight excluding hydrogens is 370 g/mol. The Balaban J connectivity index is 1.88. The smallest absolute Gasteiger partial charge is 0.338 e. The van der Waals surface area contributed by atoms with Gasteiger partial charge in [-0.25, -0.2) is 4.79 Å². The van der Waals surface area contributed by atoms with Gasteiger partial charge in [0.05, 0.1) is 5.56 Å². The molecule has 0 fully saturated rings. The van der Waals surface area contributed by atoms with Crippen LogP contribution in [0.2, 0.25) is 0 Å². The van der Waals surface area contributed by atoms with Crippen molar-refractivity contribution < 1.29 is 14.3 Å². The highest BCUT2D eigenvalue weighted by Gasteiger charge is 2.11. The number of amides is 1. The zero-order valence-electron chi connectivity index (χ0n) is 13.9. The van der Waals surface area contributed by atoms with E-state index in [1.807, 2.05) is 25.1 Å². The number of esters is 1. The number of halogens is 1. The van der Waals surface area contributed by atoms with Crippen molar-refractivity contribution in [2.45, 2.75) is 26.7 Å². The first-order chi connectivity index (χ1) is 11.4. The predicted octanol–water partition coefficient (Wildman–Crippen LogP) is 4.68. The summed E-state index contributed by atoms with van der Waals surface area (Å²) in [5, 5.41) is 2.69. The van der Waals surface area contributed by atoms with Gasteiger partial charge in [-0.1, -0.05) is 48.0 Å². The minimum atomic E-state index is -0.509. The summed E-state index contributed by atoms with van der Waals surface area (Å²) >= 11 is 3.41. The summed E-state index contributed by atoms with van der Waals surface area (Å²) in [5.74, 6) is -0.488. The molecular formula is C19H20BrNO3. The van der Waals surface area contributed by atoms with Crippen molar-refractivity contribution in [1.82, 2.24) is 0 Å². The first-order valence-electron chi connectivity index (χ1n) is 7.70. The summed E-state index contributed by atoms with van der Waals surface area (Å²) in [7, 11) is 0. The minimum absolute atomic E-state index is 0.323. The van der Waals surface area contributed by atoms with Gasteiger partial charge >= 0.3 is 5.97 Å². The van der Waals surface area contributed by atoms with E-state index in [0.29, 0.717) is 17.2 Å². The van der Waals surface area contributed by atoms with E-state index in [0.717, 1.165) is 15.6 Å². The summed E-state index contributed by atoms with van der Waals surface area (Å²) in [6.45, 7) is 5.81. The van der Waals surface area contributed by atoms with E-state index >= 15 is 0 Å². The summed E-state index contributed by atoms with van der Waals surface area (Å²) in [6, 6.07) is 12.7. The lowest BCUT2D eigenvalue weighted by Crippen LogP contribution is -2.21. The molecule has 0 unspecified atom stereocenters. The minimum Gasteiger partial charge on any atom is -0.452 e. The molecule has 2 rings (SSSR count). The van der Waals surface area contributed by atoms with Gasteiger partial charge in [0.25, 0.3) is 5.91 Å². The number of hydrogen-bond acceptors (Lipinski definition) is 3. The molecule has 0 spiro atoms. The zero-order chi connectivity index (χ0) is 17.7. The van der Waals surface area contributed by atoms with Crippen molar-refractivity contribution in [3.05, 3.63) is 63.6 Å². The molecule has 0 bridgehead atoms. The number of aryl methyl sites for hydroxylation is 1. The Labute approximate surface area is 150 Å². The van der Waals surface area contributed by atoms with Gasteiger partial charge < -0.3 is 10.1 Å². The Morgan fingerprint density at radius 2 is 1.79 bits per heavy atom. The monoisotopic (exact) mass is 389 g/mol. The molecule has 0 radical (unpaired) electrons. The van der Waals surface area contributed by atoms with Crippen LogP contribution in [0.1, 0.15) is 41.3 Å². The maximum atomic E-state index is 12.0. The molecule has 0 atom stereocenters. The van der Waals surface area contributed by atoms with Crippen LogP contribution in [0.25, 0.3) is 0 Å². The Kier molecular flexibility index (Phi) is 6.15. The highest BCUT2D eigenvalue weighted by molar-refractivity contribution is 9.10. The molecule has 4 nitrogen and oxygen atoms in total. The van der Waals surface area contributed by atoms with Crippen LogP contribution in [0.4, 0.5) is 5.69 Å². The van der Waals surface area contributed by atoms with Crippen LogP contribution >= 0.6 is 15.9 Å². The number of ether oxygens (including phenoxy) is 1. The average Bonchev–Trinajstić information content (AvgIpc) is 2.56. The number of carbonyl (C=O) groups is 2. The lowest BCUT2D eigenvalue weighted by Gasteiger charge is -2.09. The SMILES string of the molecule is Cc1ccc(NC(=O)COC(=O)c2ccc(C(C)C)cc2)cc1Br. The average molecular weight is 390 g/mol. The van der Waals surface area contributed by atoms with Crippen LogP contribution in [0.5, 0.6) is 0 Å². The summed E-state index contributed by atoms with van der Waals surface area (Å²) in [5.41, 5.74) is 3.30. The van der Waals surface area contributed by atoms with Crippen LogP contribution < -0.4 is 5.32 Å². The predicted molar refractivity (Wildman–Crippen MR) is 98.3 cm³/mol. The maximum absolute atomic E-state index is 12.0. The van der Waals surface area contributed by atoms with Gasteiger partial charge in [0.1, 0.15) is 0 Å². The molecule has 0 aliphatic carbocycles. The molecule has 0 aliphatic heterocycles. The third-order valence-corrected chi connectivity index (χ3v) is 4.46. The molecule has 24 heavy (non-hydrogen) atoms. The van der Waals surface area contributed by atoms with Crippen LogP contribution in [-0.2, 0) is 9.53 Å². The fraction of sp³-hybridized carbons (Fsp3) is 0.263. The van der Waals surface area contributed by atoms with E-state index in [1.165, 1.54) is 0 Å². The van der Waals surface area contributed by atoms with E-state index in [4.69, 9.17) is 4.74 Å². The second kappa shape index (κ2) is 8.11. The quantitative estimate of drug-likeness (QED) is 0.755. The fourth-order valence-electron chi connectivity index (χ4n) is 2.09. The van der Waals surface area contributed by atoms with E-state index in [9.17, 15) is 9.59 Å². The summed E-state index contributed by atoms with van der Waals surface area (Å²) in [4.78, 5) is 23.9. The maximum Gasteiger partial charge on any atom is 0.338 e. The summed E-state index contributed by atoms with van der Waals surface area (Å²) < 4.78 is 5.96. The Bertz CT molecular complexity index is 739. The van der Waals surface area contributed by atoms with Gasteiger partial charge in [-0.2, -0.15) is 0 Å². The van der Waals surface area contributed by atoms with Crippen molar-refractivity contribution in [1.29, 1.82) is 0 Å². The van der Waals surface area contributed by atoms with Crippen LogP contribution in [0.3, 0.4) is 0 Å². The topological polar surface area (TPSA) is 55.4 Å². The molecule has 1 N–H and O–H groups in total. The van der Waals surface area contributed by atoms with Gasteiger partial charge in [-0.15, -0.1) is 0 Å². The van der Waals surface area contributed by atoms with E-state index in [-0.39, 0.29) is 12.5 Å². The van der Waals surface area contributed by atoms with Gasteiger partial charge in [-0.3, -0.25) is 4.79 Å². The zero-order valence-corrected chi connectivity index (χ0v) is 15.5. The highest BCUT2D eigenvalue weighted by Crippen LogP contribution is 2.20. The second-order valence-corrected chi connectivity index (χ2v) is 6.72. The van der Waals surface area contributed by atoms with Crippen molar-refractivity contribution >= 4 is 33.5 Å². The second-order valence-electron chi connectivity index (χ2n) is 5.86. The number of rotatable bonds is 5. The largest absolute Gasteiger partial charge is 0.452 e. The fourth-order valence-corrected chi connectivity index (χ4v) is 2.47. The normalized spacial score (nSPS) is 10.5. The van der Waals surface area contributed by atoms with E-state index < -0.39 is 5.97 Å². The standard InChI is InChI=1S/C19H20BrNO3/c1-12(2)14-5-7-15(8-6-14)19(23)24-11-18(22)21-16-9-4-13(3)17(20)10-16/h4-10,12H,11H2,1-3H3,(H,21,22). The molecule has 0 aromatic heterocycles. The molecule has 5 heteroatoms. The number of carbonyl (C=O) groups excluding carboxylic acids is 2. The van der Waals surface area contributed by atoms with Gasteiger partial charge in [0.2, 0.25) is 0 Å². The summed E-state index contributed by atoms with van der Waals surface area (Å²) in [6.07, 6.45) is 0. The van der Waals surface area contributed by atoms with Crippen LogP contribution in [0, 0.1) is 6.92 Å². The number of nitrogens with one attached hydrogen (secondary N) is 1. The molecule has 2 aromatic carbocycles.